The molecule has 4 rings (SSSR count). The summed E-state index contributed by atoms with van der Waals surface area (Å²) in [4.78, 5) is 30.7. The summed E-state index contributed by atoms with van der Waals surface area (Å²) in [7, 11) is 0. The van der Waals surface area contributed by atoms with Crippen LogP contribution in [-0.2, 0) is 20.9 Å². The van der Waals surface area contributed by atoms with Crippen LogP contribution in [0, 0.1) is 24.2 Å². The predicted octanol–water partition coefficient (Wildman–Crippen LogP) is 6.67. The number of aliphatic imine (C=N–C) groups is 1. The highest BCUT2D eigenvalue weighted by Crippen LogP contribution is 2.43. The van der Waals surface area contributed by atoms with Crippen molar-refractivity contribution in [3.05, 3.63) is 112 Å². The number of ether oxygens (including phenoxy) is 1. The van der Waals surface area contributed by atoms with Gasteiger partial charge in [-0.1, -0.05) is 90.1 Å². The molecule has 1 unspecified atom stereocenters. The molecule has 192 valence electrons. The number of esters is 1. The Kier molecular flexibility index (Phi) is 9.01. The summed E-state index contributed by atoms with van der Waals surface area (Å²) in [5, 5.41) is 14.0. The number of nitrogens with one attached hydrogen (secondary N) is 1. The fraction of sp³-hybridized carbons (Fsp3) is 0.200. The topological polar surface area (TPSA) is 91.5 Å². The van der Waals surface area contributed by atoms with Crippen molar-refractivity contribution < 1.29 is 14.3 Å². The summed E-state index contributed by atoms with van der Waals surface area (Å²) < 4.78 is 5.64. The maximum absolute atomic E-state index is 13.4. The second kappa shape index (κ2) is 12.6. The van der Waals surface area contributed by atoms with Crippen molar-refractivity contribution in [1.82, 2.24) is 0 Å². The third-order valence-corrected chi connectivity index (χ3v) is 7.55. The zero-order chi connectivity index (χ0) is 27.1. The fourth-order valence-electron chi connectivity index (χ4n) is 4.26. The number of allylic oxidation sites excluding steroid dienone is 1. The molecule has 1 heterocycles. The second-order valence-electron chi connectivity index (χ2n) is 8.77. The Morgan fingerprint density at radius 2 is 1.71 bits per heavy atom. The van der Waals surface area contributed by atoms with Gasteiger partial charge in [-0.15, -0.1) is 0 Å². The number of nitrogens with zero attached hydrogens (tertiary/aromatic N) is 2. The van der Waals surface area contributed by atoms with Crippen LogP contribution >= 0.6 is 23.4 Å². The van der Waals surface area contributed by atoms with Gasteiger partial charge in [0.2, 0.25) is 5.91 Å². The lowest BCUT2D eigenvalue weighted by Crippen LogP contribution is -2.30. The van der Waals surface area contributed by atoms with Gasteiger partial charge in [0, 0.05) is 22.3 Å². The number of para-hydroxylation sites is 1. The van der Waals surface area contributed by atoms with E-state index < -0.39 is 17.8 Å². The molecule has 8 heteroatoms. The number of benzene rings is 3. The molecule has 3 aromatic rings. The van der Waals surface area contributed by atoms with Gasteiger partial charge in [-0.3, -0.25) is 4.79 Å². The molecule has 2 atom stereocenters. The quantitative estimate of drug-likeness (QED) is 0.336. The summed E-state index contributed by atoms with van der Waals surface area (Å²) in [6.45, 7) is 3.72. The van der Waals surface area contributed by atoms with Gasteiger partial charge < -0.3 is 10.1 Å². The minimum Gasteiger partial charge on any atom is -0.457 e. The normalized spacial score (nSPS) is 16.8. The standard InChI is InChI=1S/C30H26ClN3O3S/c1-19-10-6-9-15-25(19)34-26(35)18-38-29-23(16-32)28(22-13-7-8-14-24(22)31)27(20(2)33-29)30(36)37-17-21-11-4-3-5-12-21/h3-15,23,28H,17-18H2,1-2H3,(H,34,35)/t23?,28-/m0/s1. The number of thioether (sulfide) groups is 1. The zero-order valence-corrected chi connectivity index (χ0v) is 22.6. The number of carbonyl (C=O) groups excluding carboxylic acids is 2. The third kappa shape index (κ3) is 6.34. The molecule has 38 heavy (non-hydrogen) atoms. The monoisotopic (exact) mass is 543 g/mol. The van der Waals surface area contributed by atoms with Crippen molar-refractivity contribution in [2.45, 2.75) is 26.4 Å². The molecule has 1 amide bonds. The maximum Gasteiger partial charge on any atom is 0.336 e. The van der Waals surface area contributed by atoms with Crippen molar-refractivity contribution in [3.8, 4) is 6.07 Å². The minimum atomic E-state index is -0.825. The molecule has 0 saturated heterocycles. The maximum atomic E-state index is 13.4. The van der Waals surface area contributed by atoms with E-state index in [4.69, 9.17) is 16.3 Å². The molecule has 6 nitrogen and oxygen atoms in total. The van der Waals surface area contributed by atoms with E-state index >= 15 is 0 Å². The largest absolute Gasteiger partial charge is 0.457 e. The van der Waals surface area contributed by atoms with Gasteiger partial charge >= 0.3 is 5.97 Å². The lowest BCUT2D eigenvalue weighted by molar-refractivity contribution is -0.140. The highest BCUT2D eigenvalue weighted by molar-refractivity contribution is 8.14. The number of carbonyl (C=O) groups is 2. The number of nitriles is 1. The average molecular weight is 544 g/mol. The molecule has 0 aromatic heterocycles. The van der Waals surface area contributed by atoms with Gasteiger partial charge in [-0.25, -0.2) is 9.79 Å². The van der Waals surface area contributed by atoms with Gasteiger partial charge in [0.25, 0.3) is 0 Å². The molecule has 0 aliphatic carbocycles. The first-order valence-corrected chi connectivity index (χ1v) is 13.4. The Morgan fingerprint density at radius 1 is 1.03 bits per heavy atom. The van der Waals surface area contributed by atoms with Gasteiger partial charge in [0.15, 0.2) is 0 Å². The number of halogens is 1. The predicted molar refractivity (Wildman–Crippen MR) is 152 cm³/mol. The Labute approximate surface area is 231 Å². The molecule has 0 fully saturated rings. The summed E-state index contributed by atoms with van der Waals surface area (Å²) in [5.41, 5.74) is 3.88. The number of aryl methyl sites for hydroxylation is 1. The van der Waals surface area contributed by atoms with E-state index in [1.165, 1.54) is 11.8 Å². The molecule has 0 radical (unpaired) electrons. The zero-order valence-electron chi connectivity index (χ0n) is 21.0. The Hall–Kier alpha value is -3.86. The number of amides is 1. The third-order valence-electron chi connectivity index (χ3n) is 6.16. The van der Waals surface area contributed by atoms with Crippen LogP contribution in [0.25, 0.3) is 0 Å². The van der Waals surface area contributed by atoms with Gasteiger partial charge in [-0.05, 0) is 42.7 Å². The number of hydrogen-bond acceptors (Lipinski definition) is 6. The summed E-state index contributed by atoms with van der Waals surface area (Å²) in [6, 6.07) is 26.3. The lowest BCUT2D eigenvalue weighted by atomic mass is 9.79. The van der Waals surface area contributed by atoms with Crippen molar-refractivity contribution in [2.75, 3.05) is 11.1 Å². The van der Waals surface area contributed by atoms with E-state index in [9.17, 15) is 14.9 Å². The number of anilines is 1. The molecule has 0 spiro atoms. The van der Waals surface area contributed by atoms with Crippen LogP contribution in [0.4, 0.5) is 5.69 Å². The summed E-state index contributed by atoms with van der Waals surface area (Å²) >= 11 is 7.74. The number of rotatable bonds is 7. The molecule has 3 aromatic carbocycles. The Bertz CT molecular complexity index is 1450. The van der Waals surface area contributed by atoms with Crippen LogP contribution in [-0.4, -0.2) is 22.7 Å². The first-order valence-electron chi connectivity index (χ1n) is 12.0. The summed E-state index contributed by atoms with van der Waals surface area (Å²) in [5.74, 6) is -2.23. The smallest absolute Gasteiger partial charge is 0.336 e. The van der Waals surface area contributed by atoms with Crippen LogP contribution in [0.1, 0.15) is 29.5 Å². The Morgan fingerprint density at radius 3 is 2.42 bits per heavy atom. The lowest BCUT2D eigenvalue weighted by Gasteiger charge is -2.30. The van der Waals surface area contributed by atoms with Crippen LogP contribution in [0.5, 0.6) is 0 Å². The second-order valence-corrected chi connectivity index (χ2v) is 10.2. The van der Waals surface area contributed by atoms with E-state index in [0.717, 1.165) is 16.8 Å². The molecular formula is C30H26ClN3O3S. The van der Waals surface area contributed by atoms with Crippen molar-refractivity contribution in [2.24, 2.45) is 10.9 Å². The first-order chi connectivity index (χ1) is 18.4. The first kappa shape index (κ1) is 27.2. The van der Waals surface area contributed by atoms with Crippen molar-refractivity contribution in [3.63, 3.8) is 0 Å². The van der Waals surface area contributed by atoms with Gasteiger partial charge in [-0.2, -0.15) is 5.26 Å². The Balaban J connectivity index is 1.61. The molecule has 0 saturated carbocycles. The number of hydrogen-bond donors (Lipinski definition) is 1. The van der Waals surface area contributed by atoms with Crippen molar-refractivity contribution >= 4 is 46.0 Å². The van der Waals surface area contributed by atoms with Crippen molar-refractivity contribution in [1.29, 1.82) is 5.26 Å². The van der Waals surface area contributed by atoms with Crippen LogP contribution in [0.15, 0.2) is 95.1 Å². The summed E-state index contributed by atoms with van der Waals surface area (Å²) in [6.07, 6.45) is 0. The van der Waals surface area contributed by atoms with Crippen LogP contribution < -0.4 is 5.32 Å². The van der Waals surface area contributed by atoms with Gasteiger partial charge in [0.05, 0.1) is 22.4 Å². The highest BCUT2D eigenvalue weighted by atomic mass is 35.5. The molecule has 1 aliphatic rings. The van der Waals surface area contributed by atoms with E-state index in [2.05, 4.69) is 16.4 Å². The average Bonchev–Trinajstić information content (AvgIpc) is 2.92. The fourth-order valence-corrected chi connectivity index (χ4v) is 5.43. The van der Waals surface area contributed by atoms with E-state index in [-0.39, 0.29) is 23.8 Å². The molecule has 0 bridgehead atoms. The van der Waals surface area contributed by atoms with E-state index in [0.29, 0.717) is 21.3 Å². The van der Waals surface area contributed by atoms with Gasteiger partial charge in [0.1, 0.15) is 12.5 Å². The minimum absolute atomic E-state index is 0.0572. The molecule has 1 N–H and O–H groups in total. The highest BCUT2D eigenvalue weighted by Gasteiger charge is 2.40. The van der Waals surface area contributed by atoms with E-state index in [1.54, 1.807) is 25.1 Å². The van der Waals surface area contributed by atoms with E-state index in [1.807, 2.05) is 67.6 Å². The van der Waals surface area contributed by atoms with Crippen LogP contribution in [0.2, 0.25) is 5.02 Å². The van der Waals surface area contributed by atoms with Crippen LogP contribution in [0.3, 0.4) is 0 Å². The molecule has 1 aliphatic heterocycles. The molecular weight excluding hydrogens is 518 g/mol. The SMILES string of the molecule is CC1=C(C(=O)OCc2ccccc2)[C@@H](c2ccccc2Cl)C(C#N)C(SCC(=O)Nc2ccccc2C)=N1.